The molecule has 0 radical (unpaired) electrons. The molecule has 3 nitrogen and oxygen atoms in total. The Kier molecular flexibility index (Phi) is 6.65. The van der Waals surface area contributed by atoms with E-state index in [1.807, 2.05) is 0 Å². The largest absolute Gasteiger partial charge is 0.497 e. The van der Waals surface area contributed by atoms with Crippen LogP contribution in [0.1, 0.15) is 37.0 Å². The molecule has 0 heterocycles. The molecule has 1 amide bonds. The van der Waals surface area contributed by atoms with Crippen LogP contribution in [0.25, 0.3) is 0 Å². The average molecular weight is 267 g/mol. The Morgan fingerprint density at radius 1 is 1.33 bits per heavy atom. The van der Waals surface area contributed by atoms with Crippen molar-refractivity contribution >= 4 is 17.7 Å². The van der Waals surface area contributed by atoms with Crippen LogP contribution in [-0.4, -0.2) is 24.1 Å². The third-order valence-electron chi connectivity index (χ3n) is 2.54. The highest BCUT2D eigenvalue weighted by Gasteiger charge is 2.11. The fourth-order valence-corrected chi connectivity index (χ4v) is 2.44. The zero-order valence-corrected chi connectivity index (χ0v) is 12.0. The van der Waals surface area contributed by atoms with Gasteiger partial charge in [-0.3, -0.25) is 4.79 Å². The molecular formula is C14H21NO2S. The van der Waals surface area contributed by atoms with Gasteiger partial charge in [0.2, 0.25) is 0 Å². The zero-order valence-electron chi connectivity index (χ0n) is 11.2. The smallest absolute Gasteiger partial charge is 0.252 e. The maximum absolute atomic E-state index is 12.0. The van der Waals surface area contributed by atoms with Crippen molar-refractivity contribution < 1.29 is 9.53 Å². The first-order valence-corrected chi connectivity index (χ1v) is 7.32. The summed E-state index contributed by atoms with van der Waals surface area (Å²) >= 11 is 1.80. The Morgan fingerprint density at radius 3 is 2.50 bits per heavy atom. The van der Waals surface area contributed by atoms with Gasteiger partial charge in [0, 0.05) is 5.56 Å². The summed E-state index contributed by atoms with van der Waals surface area (Å²) in [6.07, 6.45) is 2.06. The van der Waals surface area contributed by atoms with Crippen LogP contribution in [0, 0.1) is 0 Å². The molecule has 18 heavy (non-hydrogen) atoms. The van der Waals surface area contributed by atoms with Gasteiger partial charge in [0.25, 0.3) is 5.91 Å². The maximum Gasteiger partial charge on any atom is 0.252 e. The van der Waals surface area contributed by atoms with Crippen molar-refractivity contribution in [1.29, 1.82) is 0 Å². The first-order chi connectivity index (χ1) is 8.71. The third kappa shape index (κ3) is 4.61. The van der Waals surface area contributed by atoms with Gasteiger partial charge in [-0.1, -0.05) is 13.8 Å². The zero-order chi connectivity index (χ0) is 13.4. The highest BCUT2D eigenvalue weighted by atomic mass is 32.2. The first kappa shape index (κ1) is 14.9. The first-order valence-electron chi connectivity index (χ1n) is 6.27. The molecule has 1 aromatic carbocycles. The molecule has 0 aliphatic carbocycles. The second-order valence-corrected chi connectivity index (χ2v) is 5.28. The average Bonchev–Trinajstić information content (AvgIpc) is 2.43. The molecule has 0 saturated carbocycles. The summed E-state index contributed by atoms with van der Waals surface area (Å²) in [5, 5.41) is 3.23. The number of ether oxygens (including phenoxy) is 1. The van der Waals surface area contributed by atoms with E-state index in [1.165, 1.54) is 0 Å². The van der Waals surface area contributed by atoms with Gasteiger partial charge in [-0.05, 0) is 42.9 Å². The lowest BCUT2D eigenvalue weighted by atomic mass is 10.2. The van der Waals surface area contributed by atoms with E-state index >= 15 is 0 Å². The number of benzene rings is 1. The molecule has 0 saturated heterocycles. The minimum atomic E-state index is -0.0203. The monoisotopic (exact) mass is 267 g/mol. The lowest BCUT2D eigenvalue weighted by Gasteiger charge is -2.16. The summed E-state index contributed by atoms with van der Waals surface area (Å²) < 4.78 is 5.07. The normalized spacial score (nSPS) is 11.9. The van der Waals surface area contributed by atoms with E-state index < -0.39 is 0 Å². The van der Waals surface area contributed by atoms with Crippen molar-refractivity contribution in [2.75, 3.05) is 12.9 Å². The number of thioether (sulfide) groups is 1. The Bertz CT molecular complexity index is 365. The van der Waals surface area contributed by atoms with Gasteiger partial charge < -0.3 is 10.1 Å². The molecule has 1 rings (SSSR count). The second-order valence-electron chi connectivity index (χ2n) is 3.97. The molecule has 0 bridgehead atoms. The standard InChI is InChI=1S/C14H21NO2S/c1-4-10-18-13(5-2)15-14(16)11-6-8-12(17-3)9-7-11/h6-9,13H,4-5,10H2,1-3H3,(H,15,16). The molecule has 0 aliphatic heterocycles. The van der Waals surface area contributed by atoms with Crippen LogP contribution in [-0.2, 0) is 0 Å². The van der Waals surface area contributed by atoms with Crippen molar-refractivity contribution in [2.45, 2.75) is 32.1 Å². The molecule has 1 unspecified atom stereocenters. The Balaban J connectivity index is 2.56. The lowest BCUT2D eigenvalue weighted by Crippen LogP contribution is -2.32. The van der Waals surface area contributed by atoms with Gasteiger partial charge >= 0.3 is 0 Å². The number of hydrogen-bond acceptors (Lipinski definition) is 3. The van der Waals surface area contributed by atoms with Crippen molar-refractivity contribution in [2.24, 2.45) is 0 Å². The number of amides is 1. The highest BCUT2D eigenvalue weighted by Crippen LogP contribution is 2.15. The number of nitrogens with one attached hydrogen (secondary N) is 1. The Morgan fingerprint density at radius 2 is 2.00 bits per heavy atom. The minimum absolute atomic E-state index is 0.0203. The molecule has 100 valence electrons. The van der Waals surface area contributed by atoms with E-state index in [2.05, 4.69) is 19.2 Å². The van der Waals surface area contributed by atoms with Gasteiger partial charge in [0.05, 0.1) is 12.5 Å². The lowest BCUT2D eigenvalue weighted by molar-refractivity contribution is 0.0949. The van der Waals surface area contributed by atoms with E-state index in [9.17, 15) is 4.79 Å². The fourth-order valence-electron chi connectivity index (χ4n) is 1.49. The van der Waals surface area contributed by atoms with Gasteiger partial charge in [-0.15, -0.1) is 11.8 Å². The van der Waals surface area contributed by atoms with Crippen LogP contribution in [0.4, 0.5) is 0 Å². The SMILES string of the molecule is CCCSC(CC)NC(=O)c1ccc(OC)cc1. The predicted octanol–water partition coefficient (Wildman–Crippen LogP) is 3.30. The van der Waals surface area contributed by atoms with Crippen LogP contribution in [0.2, 0.25) is 0 Å². The van der Waals surface area contributed by atoms with Crippen molar-refractivity contribution in [3.8, 4) is 5.75 Å². The summed E-state index contributed by atoms with van der Waals surface area (Å²) in [4.78, 5) is 12.0. The van der Waals surface area contributed by atoms with Crippen LogP contribution >= 0.6 is 11.8 Å². The van der Waals surface area contributed by atoms with Crippen molar-refractivity contribution in [1.82, 2.24) is 5.32 Å². The maximum atomic E-state index is 12.0. The number of carbonyl (C=O) groups is 1. The van der Waals surface area contributed by atoms with Gasteiger partial charge in [0.1, 0.15) is 5.75 Å². The van der Waals surface area contributed by atoms with Gasteiger partial charge in [-0.2, -0.15) is 0 Å². The molecule has 1 aromatic rings. The molecule has 0 fully saturated rings. The Labute approximate surface area is 113 Å². The summed E-state index contributed by atoms with van der Waals surface area (Å²) in [6, 6.07) is 7.17. The molecule has 1 atom stereocenters. The van der Waals surface area contributed by atoms with E-state index in [-0.39, 0.29) is 11.3 Å². The molecule has 0 spiro atoms. The second kappa shape index (κ2) is 8.03. The van der Waals surface area contributed by atoms with Gasteiger partial charge in [0.15, 0.2) is 0 Å². The molecule has 1 N–H and O–H groups in total. The van der Waals surface area contributed by atoms with E-state index in [0.717, 1.165) is 24.3 Å². The Hall–Kier alpha value is -1.16. The predicted molar refractivity (Wildman–Crippen MR) is 77.3 cm³/mol. The summed E-state index contributed by atoms with van der Waals surface area (Å²) in [7, 11) is 1.61. The van der Waals surface area contributed by atoms with Crippen LogP contribution in [0.5, 0.6) is 5.75 Å². The molecule has 0 aliphatic rings. The van der Waals surface area contributed by atoms with E-state index in [4.69, 9.17) is 4.74 Å². The number of methoxy groups -OCH3 is 1. The minimum Gasteiger partial charge on any atom is -0.497 e. The summed E-state index contributed by atoms with van der Waals surface area (Å²) in [5.74, 6) is 1.81. The van der Waals surface area contributed by atoms with Crippen LogP contribution in [0.15, 0.2) is 24.3 Å². The molecular weight excluding hydrogens is 246 g/mol. The van der Waals surface area contributed by atoms with Crippen molar-refractivity contribution in [3.63, 3.8) is 0 Å². The molecule has 4 heteroatoms. The van der Waals surface area contributed by atoms with Crippen LogP contribution in [0.3, 0.4) is 0 Å². The molecule has 0 aromatic heterocycles. The van der Waals surface area contributed by atoms with Crippen LogP contribution < -0.4 is 10.1 Å². The summed E-state index contributed by atoms with van der Waals surface area (Å²) in [6.45, 7) is 4.23. The quantitative estimate of drug-likeness (QED) is 0.770. The van der Waals surface area contributed by atoms with Crippen molar-refractivity contribution in [3.05, 3.63) is 29.8 Å². The van der Waals surface area contributed by atoms with Gasteiger partial charge in [-0.25, -0.2) is 0 Å². The number of carbonyl (C=O) groups excluding carboxylic acids is 1. The summed E-state index contributed by atoms with van der Waals surface area (Å²) in [5.41, 5.74) is 0.673. The van der Waals surface area contributed by atoms with E-state index in [1.54, 1.807) is 43.1 Å². The fraction of sp³-hybridized carbons (Fsp3) is 0.500. The highest BCUT2D eigenvalue weighted by molar-refractivity contribution is 7.99. The topological polar surface area (TPSA) is 38.3 Å². The number of hydrogen-bond donors (Lipinski definition) is 1. The third-order valence-corrected chi connectivity index (χ3v) is 4.04. The number of rotatable bonds is 7. The van der Waals surface area contributed by atoms with E-state index in [0.29, 0.717) is 5.56 Å².